The van der Waals surface area contributed by atoms with Crippen LogP contribution >= 0.6 is 11.6 Å². The van der Waals surface area contributed by atoms with E-state index in [0.29, 0.717) is 18.7 Å². The van der Waals surface area contributed by atoms with E-state index in [0.717, 1.165) is 0 Å². The van der Waals surface area contributed by atoms with Crippen molar-refractivity contribution < 1.29 is 16.8 Å². The quantitative estimate of drug-likeness (QED) is 0.491. The third-order valence-electron chi connectivity index (χ3n) is 1.97. The molecule has 0 unspecified atom stereocenters. The van der Waals surface area contributed by atoms with Crippen molar-refractivity contribution in [1.29, 1.82) is 0 Å². The molecule has 5 nitrogen and oxygen atoms in total. The second kappa shape index (κ2) is 7.47. The summed E-state index contributed by atoms with van der Waals surface area (Å²) in [5.74, 6) is 0.296. The van der Waals surface area contributed by atoms with Crippen molar-refractivity contribution in [3.63, 3.8) is 0 Å². The molecule has 1 N–H and O–H groups in total. The van der Waals surface area contributed by atoms with Crippen molar-refractivity contribution in [3.05, 3.63) is 0 Å². The second-order valence-electron chi connectivity index (χ2n) is 3.35. The summed E-state index contributed by atoms with van der Waals surface area (Å²) >= 11 is 5.42. The second-order valence-corrected chi connectivity index (χ2v) is 8.12. The van der Waals surface area contributed by atoms with Crippen LogP contribution in [0.25, 0.3) is 0 Å². The van der Waals surface area contributed by atoms with Crippen LogP contribution < -0.4 is 4.72 Å². The molecule has 16 heavy (non-hydrogen) atoms. The molecule has 98 valence electrons. The molecule has 0 aromatic carbocycles. The zero-order valence-electron chi connectivity index (χ0n) is 9.28. The summed E-state index contributed by atoms with van der Waals surface area (Å²) in [5.41, 5.74) is 0. The van der Waals surface area contributed by atoms with Crippen LogP contribution in [-0.2, 0) is 19.9 Å². The molecule has 0 aliphatic rings. The van der Waals surface area contributed by atoms with Crippen molar-refractivity contribution in [1.82, 2.24) is 4.72 Å². The van der Waals surface area contributed by atoms with E-state index < -0.39 is 19.9 Å². The van der Waals surface area contributed by atoms with Crippen LogP contribution in [-0.4, -0.2) is 46.5 Å². The highest BCUT2D eigenvalue weighted by Crippen LogP contribution is 1.96. The zero-order valence-corrected chi connectivity index (χ0v) is 11.7. The van der Waals surface area contributed by atoms with Crippen molar-refractivity contribution in [3.8, 4) is 0 Å². The van der Waals surface area contributed by atoms with Gasteiger partial charge in [0.2, 0.25) is 10.0 Å². The third-order valence-corrected chi connectivity index (χ3v) is 5.41. The molecular formula is C8H18ClNO4S2. The first-order valence-electron chi connectivity index (χ1n) is 5.06. The number of nitrogens with one attached hydrogen (secondary N) is 1. The number of sulfonamides is 1. The van der Waals surface area contributed by atoms with Gasteiger partial charge in [-0.3, -0.25) is 0 Å². The summed E-state index contributed by atoms with van der Waals surface area (Å²) in [6.07, 6.45) is 1.12. The molecule has 0 rings (SSSR count). The van der Waals surface area contributed by atoms with E-state index in [1.54, 1.807) is 0 Å². The Morgan fingerprint density at radius 1 is 1.06 bits per heavy atom. The maximum Gasteiger partial charge on any atom is 0.211 e. The van der Waals surface area contributed by atoms with Gasteiger partial charge in [-0.25, -0.2) is 21.6 Å². The van der Waals surface area contributed by atoms with Gasteiger partial charge >= 0.3 is 0 Å². The molecule has 0 radical (unpaired) electrons. The first-order chi connectivity index (χ1) is 7.33. The zero-order chi connectivity index (χ0) is 12.7. The minimum Gasteiger partial charge on any atom is -0.229 e. The lowest BCUT2D eigenvalue weighted by molar-refractivity contribution is 0.578. The van der Waals surface area contributed by atoms with Gasteiger partial charge in [0, 0.05) is 18.2 Å². The number of hydrogen-bond donors (Lipinski definition) is 1. The van der Waals surface area contributed by atoms with Crippen LogP contribution in [0, 0.1) is 0 Å². The third kappa shape index (κ3) is 8.32. The molecule has 0 heterocycles. The number of halogens is 1. The number of hydrogen-bond acceptors (Lipinski definition) is 4. The molecular weight excluding hydrogens is 274 g/mol. The van der Waals surface area contributed by atoms with Gasteiger partial charge in [0.25, 0.3) is 0 Å². The molecule has 0 saturated heterocycles. The van der Waals surface area contributed by atoms with E-state index in [-0.39, 0.29) is 23.8 Å². The lowest BCUT2D eigenvalue weighted by Crippen LogP contribution is -2.31. The fraction of sp³-hybridized carbons (Fsp3) is 1.00. The lowest BCUT2D eigenvalue weighted by Gasteiger charge is -2.05. The number of sulfone groups is 1. The molecule has 8 heteroatoms. The van der Waals surface area contributed by atoms with Gasteiger partial charge in [-0.1, -0.05) is 6.92 Å². The molecule has 0 aliphatic heterocycles. The number of alkyl halides is 1. The van der Waals surface area contributed by atoms with E-state index >= 15 is 0 Å². The number of rotatable bonds is 9. The highest BCUT2D eigenvalue weighted by atomic mass is 35.5. The van der Waals surface area contributed by atoms with Gasteiger partial charge < -0.3 is 0 Å². The SMILES string of the molecule is CCS(=O)(=O)CCNS(=O)(=O)CCCCCl. The first kappa shape index (κ1) is 16.1. The van der Waals surface area contributed by atoms with Crippen LogP contribution in [0.5, 0.6) is 0 Å². The highest BCUT2D eigenvalue weighted by molar-refractivity contribution is 7.91. The molecule has 0 aromatic heterocycles. The topological polar surface area (TPSA) is 80.3 Å². The predicted molar refractivity (Wildman–Crippen MR) is 66.1 cm³/mol. The van der Waals surface area contributed by atoms with Gasteiger partial charge in [0.15, 0.2) is 9.84 Å². The summed E-state index contributed by atoms with van der Waals surface area (Å²) < 4.78 is 47.1. The Balaban J connectivity index is 3.92. The lowest BCUT2D eigenvalue weighted by atomic mass is 10.4. The molecule has 0 amide bonds. The monoisotopic (exact) mass is 291 g/mol. The van der Waals surface area contributed by atoms with Crippen LogP contribution in [0.4, 0.5) is 0 Å². The minimum atomic E-state index is -3.36. The van der Waals surface area contributed by atoms with Crippen LogP contribution in [0.2, 0.25) is 0 Å². The number of unbranched alkanes of at least 4 members (excludes halogenated alkanes) is 1. The van der Waals surface area contributed by atoms with E-state index in [2.05, 4.69) is 4.72 Å². The maximum atomic E-state index is 11.3. The molecule has 0 aromatic rings. The minimum absolute atomic E-state index is 0.00804. The molecule has 0 saturated carbocycles. The fourth-order valence-corrected chi connectivity index (χ4v) is 3.12. The van der Waals surface area contributed by atoms with Gasteiger partial charge in [-0.2, -0.15) is 0 Å². The molecule has 0 atom stereocenters. The van der Waals surface area contributed by atoms with Gasteiger partial charge in [0.1, 0.15) is 0 Å². The Labute approximate surface area is 103 Å². The molecule has 0 bridgehead atoms. The summed E-state index contributed by atoms with van der Waals surface area (Å²) in [6.45, 7) is 1.48. The Kier molecular flexibility index (Phi) is 7.54. The van der Waals surface area contributed by atoms with Crippen LogP contribution in [0.15, 0.2) is 0 Å². The van der Waals surface area contributed by atoms with Crippen LogP contribution in [0.1, 0.15) is 19.8 Å². The summed E-state index contributed by atoms with van der Waals surface area (Å²) in [5, 5.41) is 0. The first-order valence-corrected chi connectivity index (χ1v) is 9.07. The maximum absolute atomic E-state index is 11.3. The normalized spacial score (nSPS) is 12.9. The Morgan fingerprint density at radius 2 is 1.69 bits per heavy atom. The van der Waals surface area contributed by atoms with Gasteiger partial charge in [0.05, 0.1) is 11.5 Å². The van der Waals surface area contributed by atoms with Crippen molar-refractivity contribution >= 4 is 31.5 Å². The average Bonchev–Trinajstić information content (AvgIpc) is 2.17. The average molecular weight is 292 g/mol. The Hall–Kier alpha value is 0.150. The van der Waals surface area contributed by atoms with E-state index in [9.17, 15) is 16.8 Å². The summed E-state index contributed by atoms with van der Waals surface area (Å²) in [4.78, 5) is 0. The van der Waals surface area contributed by atoms with E-state index in [1.165, 1.54) is 6.92 Å². The van der Waals surface area contributed by atoms with Gasteiger partial charge in [-0.05, 0) is 12.8 Å². The van der Waals surface area contributed by atoms with Crippen molar-refractivity contribution in [2.75, 3.05) is 29.7 Å². The summed E-state index contributed by atoms with van der Waals surface area (Å²) in [6, 6.07) is 0. The molecule has 0 aliphatic carbocycles. The van der Waals surface area contributed by atoms with Crippen molar-refractivity contribution in [2.24, 2.45) is 0 Å². The Morgan fingerprint density at radius 3 is 2.19 bits per heavy atom. The van der Waals surface area contributed by atoms with Crippen molar-refractivity contribution in [2.45, 2.75) is 19.8 Å². The van der Waals surface area contributed by atoms with Gasteiger partial charge in [-0.15, -0.1) is 11.6 Å². The smallest absolute Gasteiger partial charge is 0.211 e. The highest BCUT2D eigenvalue weighted by Gasteiger charge is 2.12. The molecule has 0 spiro atoms. The van der Waals surface area contributed by atoms with E-state index in [4.69, 9.17) is 11.6 Å². The standard InChI is InChI=1S/C8H18ClNO4S2/c1-2-15(11,12)8-6-10-16(13,14)7-4-3-5-9/h10H,2-8H2,1H3. The molecule has 0 fully saturated rings. The predicted octanol–water partition coefficient (Wildman–Crippen LogP) is 0.360. The fourth-order valence-electron chi connectivity index (χ4n) is 0.956. The van der Waals surface area contributed by atoms with E-state index in [1.807, 2.05) is 0 Å². The van der Waals surface area contributed by atoms with Crippen LogP contribution in [0.3, 0.4) is 0 Å². The summed E-state index contributed by atoms with van der Waals surface area (Å²) in [7, 11) is -6.47. The largest absolute Gasteiger partial charge is 0.229 e. The Bertz CT molecular complexity index is 377.